The van der Waals surface area contributed by atoms with E-state index in [1.54, 1.807) is 0 Å². The Morgan fingerprint density at radius 2 is 0.614 bits per heavy atom. The van der Waals surface area contributed by atoms with E-state index in [1.165, 1.54) is 57.8 Å². The van der Waals surface area contributed by atoms with Crippen LogP contribution in [0.25, 0.3) is 0 Å². The zero-order valence-electron chi connectivity index (χ0n) is 56.1. The van der Waals surface area contributed by atoms with E-state index in [4.69, 9.17) is 18.5 Å². The fraction of sp³-hybridized carbons (Fsp3) is 0.564. The maximum Gasteiger partial charge on any atom is 0.306 e. The second kappa shape index (κ2) is 66.3. The van der Waals surface area contributed by atoms with Gasteiger partial charge < -0.3 is 27.9 Å². The van der Waals surface area contributed by atoms with Gasteiger partial charge in [-0.3, -0.25) is 14.2 Å². The van der Waals surface area contributed by atoms with Crippen LogP contribution in [0.5, 0.6) is 0 Å². The SMILES string of the molecule is CC/C=C\C/C=C\C/C=C\C/C=C\C/C=C\C/C=C\C/C=C\C/C=C\C/C=C\C/C=C\CCCCC(=O)OC(COC(=O)CCCCCCCCCCCCCC/C=C\C/C=C\C/C=C\C/C=C\C/C=C\C/C=C\CC)COP(=O)([O-])OCC[N+](C)(C)C. The molecule has 0 aliphatic rings. The lowest BCUT2D eigenvalue weighted by molar-refractivity contribution is -0.870. The third-order valence-corrected chi connectivity index (χ3v) is 14.6. The smallest absolute Gasteiger partial charge is 0.306 e. The molecule has 0 radical (unpaired) electrons. The van der Waals surface area contributed by atoms with E-state index in [9.17, 15) is 19.0 Å². The molecule has 0 rings (SSSR count). The van der Waals surface area contributed by atoms with Crippen molar-refractivity contribution >= 4 is 19.8 Å². The number of carbonyl (C=O) groups excluding carboxylic acids is 2. The number of carbonyl (C=O) groups is 2. The second-order valence-electron chi connectivity index (χ2n) is 23.1. The maximum atomic E-state index is 12.8. The number of allylic oxidation sites excluding steroid dienone is 32. The van der Waals surface area contributed by atoms with Crippen molar-refractivity contribution in [3.05, 3.63) is 194 Å². The number of nitrogens with zero attached hydrogens (tertiary/aromatic N) is 1. The van der Waals surface area contributed by atoms with Gasteiger partial charge in [0.2, 0.25) is 0 Å². The number of phosphoric ester groups is 1. The van der Waals surface area contributed by atoms with Gasteiger partial charge in [-0.25, -0.2) is 0 Å². The Kier molecular flexibility index (Phi) is 62.4. The fourth-order valence-corrected chi connectivity index (χ4v) is 9.18. The standard InChI is InChI=1S/C78H124NO8P/c1-6-8-10-12-14-16-18-20-22-24-26-28-30-32-34-36-38-39-41-43-45-47-49-51-53-55-57-59-61-63-65-67-69-71-78(81)87-76(75-86-88(82,83)85-73-72-79(3,4)5)74-84-77(80)70-68-66-64-62-60-58-56-54-52-50-48-46-44-42-40-37-35-33-31-29-27-25-23-21-19-17-15-13-11-9-7-2/h8-11,14-17,20-23,26-29,32-35,38-40,42-43,45,49,51,55,57,61,63,76H,6-7,12-13,18-19,24-25,30-31,36-37,41,44,46-48,50,52-54,56,58-60,62,64-75H2,1-5H3/b10-8-,11-9-,16-14-,17-15-,22-20-,23-21-,28-26-,29-27-,34-32-,35-33-,39-38-,42-40-,45-43-,51-49-,57-55-,63-61-. The Labute approximate surface area is 539 Å². The van der Waals surface area contributed by atoms with Crippen molar-refractivity contribution in [2.75, 3.05) is 47.5 Å². The highest BCUT2D eigenvalue weighted by atomic mass is 31.2. The second-order valence-corrected chi connectivity index (χ2v) is 24.5. The summed E-state index contributed by atoms with van der Waals surface area (Å²) in [6.45, 7) is 3.93. The summed E-state index contributed by atoms with van der Waals surface area (Å²) in [5.41, 5.74) is 0. The molecular formula is C78H124NO8P. The number of rotatable bonds is 60. The first-order chi connectivity index (χ1) is 43.0. The average Bonchev–Trinajstić information content (AvgIpc) is 3.56. The molecule has 0 heterocycles. The number of ether oxygens (including phenoxy) is 2. The van der Waals surface area contributed by atoms with Crippen LogP contribution in [0.2, 0.25) is 0 Å². The van der Waals surface area contributed by atoms with Crippen LogP contribution in [0.4, 0.5) is 0 Å². The zero-order chi connectivity index (χ0) is 64.1. The average molecular weight is 1230 g/mol. The predicted molar refractivity (Wildman–Crippen MR) is 378 cm³/mol. The highest BCUT2D eigenvalue weighted by molar-refractivity contribution is 7.45. The number of hydrogen-bond donors (Lipinski definition) is 0. The van der Waals surface area contributed by atoms with Crippen molar-refractivity contribution in [3.8, 4) is 0 Å². The zero-order valence-corrected chi connectivity index (χ0v) is 57.0. The molecule has 0 aliphatic carbocycles. The molecule has 0 aromatic carbocycles. The molecule has 0 amide bonds. The molecule has 9 nitrogen and oxygen atoms in total. The first-order valence-corrected chi connectivity index (χ1v) is 35.6. The van der Waals surface area contributed by atoms with Gasteiger partial charge in [0, 0.05) is 12.8 Å². The molecule has 0 aromatic heterocycles. The Hall–Kier alpha value is -5.15. The minimum atomic E-state index is -4.67. The molecule has 0 saturated heterocycles. The number of quaternary nitrogens is 1. The van der Waals surface area contributed by atoms with E-state index < -0.39 is 32.5 Å². The molecule has 0 bridgehead atoms. The van der Waals surface area contributed by atoms with Crippen LogP contribution in [0, 0.1) is 0 Å². The third-order valence-electron chi connectivity index (χ3n) is 13.6. The summed E-state index contributed by atoms with van der Waals surface area (Å²) in [5.74, 6) is -0.901. The Morgan fingerprint density at radius 1 is 0.352 bits per heavy atom. The van der Waals surface area contributed by atoms with E-state index >= 15 is 0 Å². The summed E-state index contributed by atoms with van der Waals surface area (Å²) >= 11 is 0. The highest BCUT2D eigenvalue weighted by Crippen LogP contribution is 2.38. The van der Waals surface area contributed by atoms with Crippen molar-refractivity contribution in [3.63, 3.8) is 0 Å². The van der Waals surface area contributed by atoms with Crippen LogP contribution in [0.3, 0.4) is 0 Å². The molecule has 88 heavy (non-hydrogen) atoms. The van der Waals surface area contributed by atoms with E-state index in [0.717, 1.165) is 135 Å². The van der Waals surface area contributed by atoms with E-state index in [1.807, 2.05) is 21.1 Å². The summed E-state index contributed by atoms with van der Waals surface area (Å²) in [6, 6.07) is 0. The molecule has 0 aromatic rings. The lowest BCUT2D eigenvalue weighted by atomic mass is 10.0. The molecule has 10 heteroatoms. The van der Waals surface area contributed by atoms with Gasteiger partial charge >= 0.3 is 11.9 Å². The molecule has 0 aliphatic heterocycles. The largest absolute Gasteiger partial charge is 0.756 e. The van der Waals surface area contributed by atoms with Crippen molar-refractivity contribution < 1.29 is 42.1 Å². The topological polar surface area (TPSA) is 111 Å². The Bertz CT molecular complexity index is 2190. The number of likely N-dealkylation sites (N-methyl/N-ethyl adjacent to an activating group) is 1. The van der Waals surface area contributed by atoms with Crippen molar-refractivity contribution in [2.24, 2.45) is 0 Å². The van der Waals surface area contributed by atoms with Gasteiger partial charge in [0.15, 0.2) is 6.10 Å². The van der Waals surface area contributed by atoms with Crippen LogP contribution >= 0.6 is 7.82 Å². The van der Waals surface area contributed by atoms with Crippen molar-refractivity contribution in [2.45, 2.75) is 238 Å². The molecule has 0 spiro atoms. The van der Waals surface area contributed by atoms with Gasteiger partial charge in [-0.15, -0.1) is 0 Å². The fourth-order valence-electron chi connectivity index (χ4n) is 8.45. The van der Waals surface area contributed by atoms with Crippen LogP contribution in [0.1, 0.15) is 232 Å². The monoisotopic (exact) mass is 1230 g/mol. The Morgan fingerprint density at radius 3 is 0.932 bits per heavy atom. The van der Waals surface area contributed by atoms with Crippen molar-refractivity contribution in [1.82, 2.24) is 0 Å². The predicted octanol–water partition coefficient (Wildman–Crippen LogP) is 21.9. The van der Waals surface area contributed by atoms with Gasteiger partial charge in [-0.2, -0.15) is 0 Å². The molecule has 0 saturated carbocycles. The van der Waals surface area contributed by atoms with Gasteiger partial charge in [0.25, 0.3) is 7.82 Å². The van der Waals surface area contributed by atoms with Crippen LogP contribution in [-0.2, 0) is 32.7 Å². The molecular weight excluding hydrogens is 1110 g/mol. The van der Waals surface area contributed by atoms with E-state index in [-0.39, 0.29) is 26.1 Å². The van der Waals surface area contributed by atoms with E-state index in [0.29, 0.717) is 23.9 Å². The molecule has 0 fully saturated rings. The summed E-state index contributed by atoms with van der Waals surface area (Å²) in [4.78, 5) is 38.0. The highest BCUT2D eigenvalue weighted by Gasteiger charge is 2.22. The maximum absolute atomic E-state index is 12.8. The van der Waals surface area contributed by atoms with Crippen molar-refractivity contribution in [1.29, 1.82) is 0 Å². The van der Waals surface area contributed by atoms with Gasteiger partial charge in [0.1, 0.15) is 19.8 Å². The lowest BCUT2D eigenvalue weighted by Gasteiger charge is -2.28. The number of phosphoric acid groups is 1. The first-order valence-electron chi connectivity index (χ1n) is 34.1. The summed E-state index contributed by atoms with van der Waals surface area (Å²) in [5, 5.41) is 0. The van der Waals surface area contributed by atoms with Crippen LogP contribution < -0.4 is 4.89 Å². The third kappa shape index (κ3) is 69.9. The minimum absolute atomic E-state index is 0.0507. The minimum Gasteiger partial charge on any atom is -0.756 e. The number of esters is 2. The molecule has 2 unspecified atom stereocenters. The van der Waals surface area contributed by atoms with Crippen LogP contribution in [0.15, 0.2) is 194 Å². The number of hydrogen-bond acceptors (Lipinski definition) is 8. The summed E-state index contributed by atoms with van der Waals surface area (Å²) < 4.78 is 34.2. The van der Waals surface area contributed by atoms with Gasteiger partial charge in [0.05, 0.1) is 27.7 Å². The Balaban J connectivity index is 4.23. The van der Waals surface area contributed by atoms with E-state index in [2.05, 4.69) is 208 Å². The summed E-state index contributed by atoms with van der Waals surface area (Å²) in [6.07, 6.45) is 104. The lowest BCUT2D eigenvalue weighted by Crippen LogP contribution is -2.37. The first kappa shape index (κ1) is 82.8. The molecule has 0 N–H and O–H groups in total. The van der Waals surface area contributed by atoms with Crippen LogP contribution in [-0.4, -0.2) is 70.0 Å². The summed E-state index contributed by atoms with van der Waals surface area (Å²) in [7, 11) is 1.11. The number of unbranched alkanes of at least 4 members (excludes halogenated alkanes) is 14. The van der Waals surface area contributed by atoms with Gasteiger partial charge in [-0.1, -0.05) is 272 Å². The normalized spacial score (nSPS) is 14.4. The molecule has 2 atom stereocenters. The van der Waals surface area contributed by atoms with Gasteiger partial charge in [-0.05, 0) is 141 Å². The molecule has 494 valence electrons. The quantitative estimate of drug-likeness (QED) is 0.0195.